The highest BCUT2D eigenvalue weighted by molar-refractivity contribution is 5.11. The lowest BCUT2D eigenvalue weighted by Gasteiger charge is -2.22. The highest BCUT2D eigenvalue weighted by atomic mass is 14.2. The zero-order valence-corrected chi connectivity index (χ0v) is 9.57. The third-order valence-electron chi connectivity index (χ3n) is 2.75. The first-order chi connectivity index (χ1) is 5.50. The molecule has 0 aliphatic rings. The standard InChI is InChI=1S/C12H24/c1-7-8-12(10(4)5)11(6)9(2)3/h10,12H,7-8H2,1-6H3/t12-/m1/s1. The summed E-state index contributed by atoms with van der Waals surface area (Å²) in [7, 11) is 0. The molecule has 0 N–H and O–H groups in total. The molecule has 0 aromatic carbocycles. The highest BCUT2D eigenvalue weighted by Crippen LogP contribution is 2.27. The normalized spacial score (nSPS) is 13.2. The highest BCUT2D eigenvalue weighted by Gasteiger charge is 2.14. The van der Waals surface area contributed by atoms with Crippen LogP contribution in [0.5, 0.6) is 0 Å². The van der Waals surface area contributed by atoms with E-state index in [2.05, 4.69) is 41.5 Å². The van der Waals surface area contributed by atoms with Crippen LogP contribution in [0.1, 0.15) is 54.4 Å². The smallest absolute Gasteiger partial charge is 0.0181 e. The van der Waals surface area contributed by atoms with Gasteiger partial charge in [0.25, 0.3) is 0 Å². The fraction of sp³-hybridized carbons (Fsp3) is 0.833. The van der Waals surface area contributed by atoms with E-state index < -0.39 is 0 Å². The van der Waals surface area contributed by atoms with Gasteiger partial charge in [0.2, 0.25) is 0 Å². The first-order valence-corrected chi connectivity index (χ1v) is 5.14. The lowest BCUT2D eigenvalue weighted by Crippen LogP contribution is -2.10. The number of allylic oxidation sites excluding steroid dienone is 2. The zero-order valence-electron chi connectivity index (χ0n) is 9.57. The molecule has 0 heteroatoms. The van der Waals surface area contributed by atoms with Gasteiger partial charge in [-0.15, -0.1) is 0 Å². The lowest BCUT2D eigenvalue weighted by atomic mass is 9.83. The summed E-state index contributed by atoms with van der Waals surface area (Å²) in [5.41, 5.74) is 3.11. The summed E-state index contributed by atoms with van der Waals surface area (Å²) in [6, 6.07) is 0. The van der Waals surface area contributed by atoms with E-state index in [-0.39, 0.29) is 0 Å². The summed E-state index contributed by atoms with van der Waals surface area (Å²) in [4.78, 5) is 0. The van der Waals surface area contributed by atoms with Gasteiger partial charge in [0.05, 0.1) is 0 Å². The quantitative estimate of drug-likeness (QED) is 0.545. The van der Waals surface area contributed by atoms with Gasteiger partial charge in [-0.1, -0.05) is 38.3 Å². The number of hydrogen-bond donors (Lipinski definition) is 0. The van der Waals surface area contributed by atoms with E-state index in [1.165, 1.54) is 18.4 Å². The van der Waals surface area contributed by atoms with Crippen LogP contribution < -0.4 is 0 Å². The second-order valence-corrected chi connectivity index (χ2v) is 4.32. The molecule has 1 atom stereocenters. The fourth-order valence-corrected chi connectivity index (χ4v) is 1.73. The average molecular weight is 168 g/mol. The second kappa shape index (κ2) is 5.40. The minimum Gasteiger partial charge on any atom is -0.0772 e. The lowest BCUT2D eigenvalue weighted by molar-refractivity contribution is 0.408. The van der Waals surface area contributed by atoms with Crippen LogP contribution in [0.3, 0.4) is 0 Å². The van der Waals surface area contributed by atoms with Crippen molar-refractivity contribution in [2.75, 3.05) is 0 Å². The largest absolute Gasteiger partial charge is 0.0772 e. The average Bonchev–Trinajstić information content (AvgIpc) is 1.98. The Kier molecular flexibility index (Phi) is 5.28. The van der Waals surface area contributed by atoms with Crippen LogP contribution in [0.2, 0.25) is 0 Å². The predicted molar refractivity (Wildman–Crippen MR) is 57.3 cm³/mol. The van der Waals surface area contributed by atoms with Crippen LogP contribution in [0, 0.1) is 11.8 Å². The van der Waals surface area contributed by atoms with E-state index in [4.69, 9.17) is 0 Å². The summed E-state index contributed by atoms with van der Waals surface area (Å²) in [6.45, 7) is 13.7. The molecule has 0 saturated carbocycles. The minimum absolute atomic E-state index is 0.792. The Labute approximate surface area is 78.1 Å². The molecule has 0 fully saturated rings. The maximum Gasteiger partial charge on any atom is -0.0181 e. The summed E-state index contributed by atoms with van der Waals surface area (Å²) < 4.78 is 0. The van der Waals surface area contributed by atoms with Crippen LogP contribution in [0.4, 0.5) is 0 Å². The Morgan fingerprint density at radius 1 is 1.08 bits per heavy atom. The molecule has 0 amide bonds. The molecular formula is C12H24. The molecule has 12 heavy (non-hydrogen) atoms. The molecule has 0 spiro atoms. The molecule has 72 valence electrons. The first-order valence-electron chi connectivity index (χ1n) is 5.14. The minimum atomic E-state index is 0.792. The Bertz CT molecular complexity index is 147. The van der Waals surface area contributed by atoms with Crippen molar-refractivity contribution in [3.05, 3.63) is 11.1 Å². The van der Waals surface area contributed by atoms with E-state index in [0.717, 1.165) is 11.8 Å². The van der Waals surface area contributed by atoms with Gasteiger partial charge in [0, 0.05) is 0 Å². The molecule has 0 bridgehead atoms. The van der Waals surface area contributed by atoms with Crippen LogP contribution in [0.15, 0.2) is 11.1 Å². The topological polar surface area (TPSA) is 0 Å². The van der Waals surface area contributed by atoms with Gasteiger partial charge < -0.3 is 0 Å². The van der Waals surface area contributed by atoms with E-state index >= 15 is 0 Å². The molecule has 0 saturated heterocycles. The Morgan fingerprint density at radius 3 is 1.83 bits per heavy atom. The van der Waals surface area contributed by atoms with Gasteiger partial charge >= 0.3 is 0 Å². The third-order valence-corrected chi connectivity index (χ3v) is 2.75. The third kappa shape index (κ3) is 3.42. The van der Waals surface area contributed by atoms with Crippen LogP contribution >= 0.6 is 0 Å². The molecule has 0 aliphatic heterocycles. The Morgan fingerprint density at radius 2 is 1.58 bits per heavy atom. The Hall–Kier alpha value is -0.260. The van der Waals surface area contributed by atoms with Crippen LogP contribution in [-0.4, -0.2) is 0 Å². The van der Waals surface area contributed by atoms with E-state index in [1.54, 1.807) is 5.57 Å². The van der Waals surface area contributed by atoms with Gasteiger partial charge in [-0.05, 0) is 39.0 Å². The summed E-state index contributed by atoms with van der Waals surface area (Å²) in [5, 5.41) is 0. The van der Waals surface area contributed by atoms with E-state index in [1.807, 2.05) is 0 Å². The first kappa shape index (κ1) is 11.7. The number of rotatable bonds is 4. The summed E-state index contributed by atoms with van der Waals surface area (Å²) in [5.74, 6) is 1.60. The molecule has 0 aliphatic carbocycles. The molecule has 0 unspecified atom stereocenters. The van der Waals surface area contributed by atoms with Gasteiger partial charge in [-0.2, -0.15) is 0 Å². The van der Waals surface area contributed by atoms with Gasteiger partial charge in [-0.25, -0.2) is 0 Å². The van der Waals surface area contributed by atoms with Crippen molar-refractivity contribution in [2.24, 2.45) is 11.8 Å². The molecule has 0 aromatic heterocycles. The van der Waals surface area contributed by atoms with Gasteiger partial charge in [0.15, 0.2) is 0 Å². The summed E-state index contributed by atoms with van der Waals surface area (Å²) in [6.07, 6.45) is 2.64. The van der Waals surface area contributed by atoms with E-state index in [0.29, 0.717) is 0 Å². The van der Waals surface area contributed by atoms with Crippen molar-refractivity contribution >= 4 is 0 Å². The molecule has 0 radical (unpaired) electrons. The molecular weight excluding hydrogens is 144 g/mol. The maximum absolute atomic E-state index is 2.33. The molecule has 0 rings (SSSR count). The second-order valence-electron chi connectivity index (χ2n) is 4.32. The number of hydrogen-bond acceptors (Lipinski definition) is 0. The Balaban J connectivity index is 4.41. The van der Waals surface area contributed by atoms with Crippen LogP contribution in [0.25, 0.3) is 0 Å². The SMILES string of the molecule is CCC[C@@H](C(C)=C(C)C)C(C)C. The predicted octanol–water partition coefficient (Wildman–Crippen LogP) is 4.42. The van der Waals surface area contributed by atoms with Gasteiger partial charge in [0.1, 0.15) is 0 Å². The molecule has 0 heterocycles. The van der Waals surface area contributed by atoms with Crippen molar-refractivity contribution in [1.29, 1.82) is 0 Å². The van der Waals surface area contributed by atoms with E-state index in [9.17, 15) is 0 Å². The monoisotopic (exact) mass is 168 g/mol. The van der Waals surface area contributed by atoms with Crippen molar-refractivity contribution in [3.63, 3.8) is 0 Å². The van der Waals surface area contributed by atoms with Gasteiger partial charge in [-0.3, -0.25) is 0 Å². The zero-order chi connectivity index (χ0) is 9.72. The molecule has 0 nitrogen and oxygen atoms in total. The maximum atomic E-state index is 2.33. The molecule has 0 aromatic rings. The fourth-order valence-electron chi connectivity index (χ4n) is 1.73. The van der Waals surface area contributed by atoms with Crippen molar-refractivity contribution in [2.45, 2.75) is 54.4 Å². The van der Waals surface area contributed by atoms with Crippen molar-refractivity contribution < 1.29 is 0 Å². The van der Waals surface area contributed by atoms with Crippen molar-refractivity contribution in [1.82, 2.24) is 0 Å². The van der Waals surface area contributed by atoms with Crippen molar-refractivity contribution in [3.8, 4) is 0 Å². The van der Waals surface area contributed by atoms with Crippen LogP contribution in [-0.2, 0) is 0 Å². The summed E-state index contributed by atoms with van der Waals surface area (Å²) >= 11 is 0.